The SMILES string of the molecule is CNc1ccnc(C(=O)N(CCOC)C(C)COC)c1. The lowest BCUT2D eigenvalue weighted by molar-refractivity contribution is 0.0474. The number of carbonyl (C=O) groups excluding carboxylic acids is 1. The lowest BCUT2D eigenvalue weighted by Crippen LogP contribution is -2.43. The third-order valence-corrected chi connectivity index (χ3v) is 3.00. The minimum atomic E-state index is -0.122. The molecule has 112 valence electrons. The minimum absolute atomic E-state index is 0.0392. The van der Waals surface area contributed by atoms with Crippen LogP contribution in [0.1, 0.15) is 17.4 Å². The Bertz CT molecular complexity index is 426. The highest BCUT2D eigenvalue weighted by Gasteiger charge is 2.22. The molecule has 1 atom stereocenters. The van der Waals surface area contributed by atoms with E-state index in [2.05, 4.69) is 10.3 Å². The second kappa shape index (κ2) is 8.50. The van der Waals surface area contributed by atoms with Crippen molar-refractivity contribution < 1.29 is 14.3 Å². The molecule has 0 aliphatic carbocycles. The van der Waals surface area contributed by atoms with Gasteiger partial charge in [0.2, 0.25) is 0 Å². The van der Waals surface area contributed by atoms with Crippen LogP contribution in [0, 0.1) is 0 Å². The van der Waals surface area contributed by atoms with Crippen LogP contribution in [-0.4, -0.2) is 62.9 Å². The lowest BCUT2D eigenvalue weighted by atomic mass is 10.2. The Morgan fingerprint density at radius 1 is 1.45 bits per heavy atom. The molecule has 6 heteroatoms. The van der Waals surface area contributed by atoms with Crippen molar-refractivity contribution in [1.29, 1.82) is 0 Å². The van der Waals surface area contributed by atoms with Crippen molar-refractivity contribution in [2.24, 2.45) is 0 Å². The summed E-state index contributed by atoms with van der Waals surface area (Å²) < 4.78 is 10.2. The highest BCUT2D eigenvalue weighted by molar-refractivity contribution is 5.93. The van der Waals surface area contributed by atoms with Gasteiger partial charge in [0.25, 0.3) is 5.91 Å². The van der Waals surface area contributed by atoms with Crippen LogP contribution in [-0.2, 0) is 9.47 Å². The van der Waals surface area contributed by atoms with E-state index in [0.717, 1.165) is 5.69 Å². The van der Waals surface area contributed by atoms with E-state index in [1.165, 1.54) is 0 Å². The fraction of sp³-hybridized carbons (Fsp3) is 0.571. The molecule has 0 saturated carbocycles. The Morgan fingerprint density at radius 3 is 2.80 bits per heavy atom. The molecule has 1 unspecified atom stereocenters. The van der Waals surface area contributed by atoms with Crippen molar-refractivity contribution in [3.05, 3.63) is 24.0 Å². The van der Waals surface area contributed by atoms with Gasteiger partial charge in [-0.2, -0.15) is 0 Å². The Morgan fingerprint density at radius 2 is 2.20 bits per heavy atom. The van der Waals surface area contributed by atoms with Gasteiger partial charge in [0.15, 0.2) is 0 Å². The van der Waals surface area contributed by atoms with Crippen molar-refractivity contribution in [3.63, 3.8) is 0 Å². The van der Waals surface area contributed by atoms with E-state index in [1.807, 2.05) is 13.0 Å². The number of ether oxygens (including phenoxy) is 2. The van der Waals surface area contributed by atoms with E-state index in [9.17, 15) is 4.79 Å². The number of aromatic nitrogens is 1. The maximum atomic E-state index is 12.6. The summed E-state index contributed by atoms with van der Waals surface area (Å²) >= 11 is 0. The number of pyridine rings is 1. The van der Waals surface area contributed by atoms with E-state index >= 15 is 0 Å². The van der Waals surface area contributed by atoms with E-state index < -0.39 is 0 Å². The fourth-order valence-corrected chi connectivity index (χ4v) is 1.89. The van der Waals surface area contributed by atoms with Crippen LogP contribution >= 0.6 is 0 Å². The fourth-order valence-electron chi connectivity index (χ4n) is 1.89. The molecular formula is C14H23N3O3. The normalized spacial score (nSPS) is 12.0. The molecule has 1 N–H and O–H groups in total. The third-order valence-electron chi connectivity index (χ3n) is 3.00. The van der Waals surface area contributed by atoms with E-state index in [-0.39, 0.29) is 11.9 Å². The second-order valence-electron chi connectivity index (χ2n) is 4.48. The summed E-state index contributed by atoms with van der Waals surface area (Å²) in [5, 5.41) is 3.00. The van der Waals surface area contributed by atoms with Gasteiger partial charge in [-0.3, -0.25) is 9.78 Å². The van der Waals surface area contributed by atoms with Crippen molar-refractivity contribution in [2.45, 2.75) is 13.0 Å². The van der Waals surface area contributed by atoms with E-state index in [4.69, 9.17) is 9.47 Å². The van der Waals surface area contributed by atoms with Crippen LogP contribution in [0.4, 0.5) is 5.69 Å². The Balaban J connectivity index is 2.90. The summed E-state index contributed by atoms with van der Waals surface area (Å²) in [7, 11) is 5.04. The van der Waals surface area contributed by atoms with Crippen LogP contribution in [0.2, 0.25) is 0 Å². The summed E-state index contributed by atoms with van der Waals surface area (Å²) in [6, 6.07) is 3.51. The highest BCUT2D eigenvalue weighted by Crippen LogP contribution is 2.11. The number of carbonyl (C=O) groups is 1. The maximum Gasteiger partial charge on any atom is 0.272 e. The predicted molar refractivity (Wildman–Crippen MR) is 78.0 cm³/mol. The highest BCUT2D eigenvalue weighted by atomic mass is 16.5. The molecule has 6 nitrogen and oxygen atoms in total. The average Bonchev–Trinajstić information content (AvgIpc) is 2.47. The summed E-state index contributed by atoms with van der Waals surface area (Å²) in [6.45, 7) is 3.40. The number of amides is 1. The monoisotopic (exact) mass is 281 g/mol. The molecule has 1 aromatic heterocycles. The number of anilines is 1. The molecule has 1 aromatic rings. The van der Waals surface area contributed by atoms with Gasteiger partial charge in [-0.05, 0) is 19.1 Å². The van der Waals surface area contributed by atoms with Gasteiger partial charge >= 0.3 is 0 Å². The van der Waals surface area contributed by atoms with Crippen LogP contribution in [0.25, 0.3) is 0 Å². The summed E-state index contributed by atoms with van der Waals surface area (Å²) in [5.41, 5.74) is 1.27. The molecule has 0 aliphatic rings. The number of methoxy groups -OCH3 is 2. The molecule has 0 fully saturated rings. The summed E-state index contributed by atoms with van der Waals surface area (Å²) in [4.78, 5) is 18.4. The molecule has 0 saturated heterocycles. The Labute approximate surface area is 120 Å². The number of hydrogen-bond donors (Lipinski definition) is 1. The van der Waals surface area contributed by atoms with Gasteiger partial charge in [-0.25, -0.2) is 0 Å². The quantitative estimate of drug-likeness (QED) is 0.777. The number of hydrogen-bond acceptors (Lipinski definition) is 5. The predicted octanol–water partition coefficient (Wildman–Crippen LogP) is 1.25. The number of nitrogens with one attached hydrogen (secondary N) is 1. The topological polar surface area (TPSA) is 63.7 Å². The molecule has 0 aromatic carbocycles. The third kappa shape index (κ3) is 4.47. The zero-order valence-corrected chi connectivity index (χ0v) is 12.5. The lowest BCUT2D eigenvalue weighted by Gasteiger charge is -2.28. The van der Waals surface area contributed by atoms with E-state index in [0.29, 0.717) is 25.5 Å². The Kier molecular flexibility index (Phi) is 6.97. The molecule has 0 spiro atoms. The Hall–Kier alpha value is -1.66. The molecule has 0 radical (unpaired) electrons. The molecule has 1 rings (SSSR count). The molecule has 1 amide bonds. The smallest absolute Gasteiger partial charge is 0.272 e. The van der Waals surface area contributed by atoms with Crippen LogP contribution < -0.4 is 5.32 Å². The first kappa shape index (κ1) is 16.4. The van der Waals surface area contributed by atoms with Gasteiger partial charge in [0.05, 0.1) is 19.3 Å². The van der Waals surface area contributed by atoms with Gasteiger partial charge in [0.1, 0.15) is 5.69 Å². The largest absolute Gasteiger partial charge is 0.388 e. The first-order valence-electron chi connectivity index (χ1n) is 6.56. The van der Waals surface area contributed by atoms with Gasteiger partial charge < -0.3 is 19.7 Å². The van der Waals surface area contributed by atoms with Gasteiger partial charge in [0, 0.05) is 39.7 Å². The average molecular weight is 281 g/mol. The van der Waals surface area contributed by atoms with E-state index in [1.54, 1.807) is 38.4 Å². The first-order chi connectivity index (χ1) is 9.63. The molecule has 1 heterocycles. The second-order valence-corrected chi connectivity index (χ2v) is 4.48. The van der Waals surface area contributed by atoms with Crippen molar-refractivity contribution in [2.75, 3.05) is 46.3 Å². The van der Waals surface area contributed by atoms with Crippen LogP contribution in [0.15, 0.2) is 18.3 Å². The van der Waals surface area contributed by atoms with Crippen molar-refractivity contribution in [3.8, 4) is 0 Å². The maximum absolute atomic E-state index is 12.6. The van der Waals surface area contributed by atoms with Crippen LogP contribution in [0.3, 0.4) is 0 Å². The molecule has 0 aliphatic heterocycles. The molecule has 0 bridgehead atoms. The summed E-state index contributed by atoms with van der Waals surface area (Å²) in [5.74, 6) is -0.122. The van der Waals surface area contributed by atoms with Gasteiger partial charge in [-0.15, -0.1) is 0 Å². The molecule has 20 heavy (non-hydrogen) atoms. The molecular weight excluding hydrogens is 258 g/mol. The summed E-state index contributed by atoms with van der Waals surface area (Å²) in [6.07, 6.45) is 1.62. The van der Waals surface area contributed by atoms with Crippen molar-refractivity contribution in [1.82, 2.24) is 9.88 Å². The first-order valence-corrected chi connectivity index (χ1v) is 6.56. The zero-order valence-electron chi connectivity index (χ0n) is 12.5. The zero-order chi connectivity index (χ0) is 15.0. The van der Waals surface area contributed by atoms with Crippen LogP contribution in [0.5, 0.6) is 0 Å². The standard InChI is InChI=1S/C14H23N3O3/c1-11(10-20-4)17(7-8-19-3)14(18)13-9-12(15-2)5-6-16-13/h5-6,9,11H,7-8,10H2,1-4H3,(H,15,16). The van der Waals surface area contributed by atoms with Crippen molar-refractivity contribution >= 4 is 11.6 Å². The number of nitrogens with zero attached hydrogens (tertiary/aromatic N) is 2. The van der Waals surface area contributed by atoms with Gasteiger partial charge in [-0.1, -0.05) is 0 Å². The number of rotatable bonds is 8. The minimum Gasteiger partial charge on any atom is -0.388 e.